The van der Waals surface area contributed by atoms with E-state index in [9.17, 15) is 4.79 Å². The van der Waals surface area contributed by atoms with Crippen LogP contribution in [0.4, 0.5) is 5.82 Å². The summed E-state index contributed by atoms with van der Waals surface area (Å²) in [5, 5.41) is 0. The number of carbonyl (C=O) groups excluding carboxylic acids is 1. The van der Waals surface area contributed by atoms with Gasteiger partial charge in [-0.15, -0.1) is 0 Å². The topological polar surface area (TPSA) is 58.6 Å². The van der Waals surface area contributed by atoms with E-state index in [1.807, 2.05) is 42.2 Å². The molecule has 1 fully saturated rings. The van der Waals surface area contributed by atoms with Gasteiger partial charge in [-0.1, -0.05) is 26.0 Å². The molecule has 1 aromatic heterocycles. The summed E-state index contributed by atoms with van der Waals surface area (Å²) in [6, 6.07) is 9.95. The van der Waals surface area contributed by atoms with E-state index in [4.69, 9.17) is 9.72 Å². The monoisotopic (exact) mass is 382 g/mol. The third-order valence-corrected chi connectivity index (χ3v) is 5.12. The molecule has 2 aromatic rings. The van der Waals surface area contributed by atoms with Gasteiger partial charge in [0.2, 0.25) is 5.91 Å². The van der Waals surface area contributed by atoms with Gasteiger partial charge in [0.15, 0.2) is 0 Å². The number of hydrogen-bond donors (Lipinski definition) is 0. The number of nitrogens with zero attached hydrogens (tertiary/aromatic N) is 4. The summed E-state index contributed by atoms with van der Waals surface area (Å²) in [4.78, 5) is 26.1. The van der Waals surface area contributed by atoms with E-state index >= 15 is 0 Å². The van der Waals surface area contributed by atoms with Crippen LogP contribution < -0.4 is 9.64 Å². The number of methoxy groups -OCH3 is 1. The molecule has 1 aromatic carbocycles. The highest BCUT2D eigenvalue weighted by Crippen LogP contribution is 2.19. The van der Waals surface area contributed by atoms with Crippen molar-refractivity contribution >= 4 is 11.7 Å². The molecule has 1 amide bonds. The molecule has 0 N–H and O–H groups in total. The van der Waals surface area contributed by atoms with E-state index in [0.717, 1.165) is 61.2 Å². The van der Waals surface area contributed by atoms with Gasteiger partial charge in [-0.05, 0) is 31.0 Å². The molecule has 0 saturated carbocycles. The molecule has 6 nitrogen and oxygen atoms in total. The predicted octanol–water partition coefficient (Wildman–Crippen LogP) is 3.20. The molecule has 150 valence electrons. The Balaban J connectivity index is 1.52. The van der Waals surface area contributed by atoms with Crippen LogP contribution >= 0.6 is 0 Å². The number of amides is 1. The average Bonchev–Trinajstić information content (AvgIpc) is 2.72. The van der Waals surface area contributed by atoms with Crippen LogP contribution in [0.2, 0.25) is 0 Å². The predicted molar refractivity (Wildman–Crippen MR) is 111 cm³/mol. The van der Waals surface area contributed by atoms with Crippen molar-refractivity contribution in [2.45, 2.75) is 39.5 Å². The number of aryl methyl sites for hydroxylation is 2. The summed E-state index contributed by atoms with van der Waals surface area (Å²) >= 11 is 0. The molecule has 0 atom stereocenters. The fourth-order valence-electron chi connectivity index (χ4n) is 3.38. The third kappa shape index (κ3) is 5.00. The largest absolute Gasteiger partial charge is 0.497 e. The first-order chi connectivity index (χ1) is 13.5. The van der Waals surface area contributed by atoms with E-state index in [1.54, 1.807) is 7.11 Å². The van der Waals surface area contributed by atoms with Crippen molar-refractivity contribution in [3.8, 4) is 5.75 Å². The summed E-state index contributed by atoms with van der Waals surface area (Å²) in [6.45, 7) is 9.32. The number of anilines is 1. The maximum absolute atomic E-state index is 12.6. The zero-order valence-corrected chi connectivity index (χ0v) is 17.3. The summed E-state index contributed by atoms with van der Waals surface area (Å²) in [5.74, 6) is 3.22. The minimum Gasteiger partial charge on any atom is -0.497 e. The Morgan fingerprint density at radius 1 is 1.11 bits per heavy atom. The van der Waals surface area contributed by atoms with E-state index in [2.05, 4.69) is 23.7 Å². The molecule has 28 heavy (non-hydrogen) atoms. The highest BCUT2D eigenvalue weighted by atomic mass is 16.5. The number of carbonyl (C=O) groups is 1. The number of rotatable bonds is 6. The molecular formula is C22H30N4O2. The number of benzene rings is 1. The van der Waals surface area contributed by atoms with Gasteiger partial charge in [-0.2, -0.15) is 0 Å². The van der Waals surface area contributed by atoms with Crippen molar-refractivity contribution < 1.29 is 9.53 Å². The zero-order valence-electron chi connectivity index (χ0n) is 17.3. The van der Waals surface area contributed by atoms with Crippen LogP contribution in [-0.2, 0) is 11.2 Å². The molecule has 0 aliphatic carbocycles. The minimum absolute atomic E-state index is 0.220. The van der Waals surface area contributed by atoms with Crippen molar-refractivity contribution in [1.29, 1.82) is 0 Å². The maximum Gasteiger partial charge on any atom is 0.223 e. The Morgan fingerprint density at radius 3 is 2.39 bits per heavy atom. The lowest BCUT2D eigenvalue weighted by Gasteiger charge is -2.35. The molecule has 6 heteroatoms. The van der Waals surface area contributed by atoms with Gasteiger partial charge in [0.1, 0.15) is 17.4 Å². The molecule has 3 rings (SSSR count). The van der Waals surface area contributed by atoms with Crippen LogP contribution in [0.3, 0.4) is 0 Å². The Morgan fingerprint density at radius 2 is 1.79 bits per heavy atom. The van der Waals surface area contributed by atoms with Gasteiger partial charge < -0.3 is 14.5 Å². The van der Waals surface area contributed by atoms with Crippen molar-refractivity contribution in [3.05, 3.63) is 47.4 Å². The van der Waals surface area contributed by atoms with E-state index < -0.39 is 0 Å². The van der Waals surface area contributed by atoms with E-state index in [-0.39, 0.29) is 5.91 Å². The number of hydrogen-bond acceptors (Lipinski definition) is 5. The normalized spacial score (nSPS) is 14.5. The molecule has 0 spiro atoms. The summed E-state index contributed by atoms with van der Waals surface area (Å²) in [6.07, 6.45) is 1.29. The van der Waals surface area contributed by atoms with Gasteiger partial charge in [0.05, 0.1) is 7.11 Å². The summed E-state index contributed by atoms with van der Waals surface area (Å²) in [5.41, 5.74) is 2.15. The second kappa shape index (κ2) is 9.04. The fraction of sp³-hybridized carbons (Fsp3) is 0.500. The van der Waals surface area contributed by atoms with Gasteiger partial charge in [-0.3, -0.25) is 4.79 Å². The molecule has 0 radical (unpaired) electrons. The molecule has 0 unspecified atom stereocenters. The Kier molecular flexibility index (Phi) is 6.49. The Labute approximate surface area is 167 Å². The lowest BCUT2D eigenvalue weighted by atomic mass is 10.1. The summed E-state index contributed by atoms with van der Waals surface area (Å²) in [7, 11) is 1.66. The zero-order chi connectivity index (χ0) is 20.1. The fourth-order valence-corrected chi connectivity index (χ4v) is 3.38. The smallest absolute Gasteiger partial charge is 0.223 e. The van der Waals surface area contributed by atoms with Crippen LogP contribution in [0.25, 0.3) is 0 Å². The average molecular weight is 383 g/mol. The number of ether oxygens (including phenoxy) is 1. The van der Waals surface area contributed by atoms with Crippen LogP contribution in [0, 0.1) is 6.92 Å². The van der Waals surface area contributed by atoms with Crippen molar-refractivity contribution in [1.82, 2.24) is 14.9 Å². The SMILES string of the molecule is COc1ccc(CCC(=O)N2CCN(c3cc(C)nc(C(C)C)n3)CC2)cc1. The number of piperazine rings is 1. The van der Waals surface area contributed by atoms with Crippen LogP contribution in [0.5, 0.6) is 5.75 Å². The van der Waals surface area contributed by atoms with Crippen LogP contribution in [0.1, 0.15) is 43.3 Å². The maximum atomic E-state index is 12.6. The van der Waals surface area contributed by atoms with Crippen molar-refractivity contribution in [3.63, 3.8) is 0 Å². The first-order valence-corrected chi connectivity index (χ1v) is 9.97. The molecule has 1 aliphatic rings. The van der Waals surface area contributed by atoms with Crippen LogP contribution in [-0.4, -0.2) is 54.1 Å². The Bertz CT molecular complexity index is 797. The standard InChI is InChI=1S/C22H30N4O2/c1-16(2)22-23-17(3)15-20(24-22)25-11-13-26(14-12-25)21(27)10-7-18-5-8-19(28-4)9-6-18/h5-6,8-9,15-16H,7,10-14H2,1-4H3. The van der Waals surface area contributed by atoms with Gasteiger partial charge >= 0.3 is 0 Å². The van der Waals surface area contributed by atoms with Gasteiger partial charge in [0.25, 0.3) is 0 Å². The van der Waals surface area contributed by atoms with E-state index in [1.165, 1.54) is 0 Å². The van der Waals surface area contributed by atoms with E-state index in [0.29, 0.717) is 12.3 Å². The van der Waals surface area contributed by atoms with Gasteiger partial charge in [0, 0.05) is 50.3 Å². The van der Waals surface area contributed by atoms with Gasteiger partial charge in [-0.25, -0.2) is 9.97 Å². The number of aromatic nitrogens is 2. The first kappa shape index (κ1) is 20.1. The Hall–Kier alpha value is -2.63. The summed E-state index contributed by atoms with van der Waals surface area (Å²) < 4.78 is 5.18. The van der Waals surface area contributed by atoms with Crippen molar-refractivity contribution in [2.24, 2.45) is 0 Å². The second-order valence-electron chi connectivity index (χ2n) is 7.60. The molecule has 0 bridgehead atoms. The molecule has 1 aliphatic heterocycles. The molecule has 1 saturated heterocycles. The van der Waals surface area contributed by atoms with Crippen LogP contribution in [0.15, 0.2) is 30.3 Å². The third-order valence-electron chi connectivity index (χ3n) is 5.12. The lowest BCUT2D eigenvalue weighted by Crippen LogP contribution is -2.49. The first-order valence-electron chi connectivity index (χ1n) is 9.97. The second-order valence-corrected chi connectivity index (χ2v) is 7.60. The quantitative estimate of drug-likeness (QED) is 0.768. The molecule has 2 heterocycles. The highest BCUT2D eigenvalue weighted by Gasteiger charge is 2.22. The lowest BCUT2D eigenvalue weighted by molar-refractivity contribution is -0.131. The minimum atomic E-state index is 0.220. The highest BCUT2D eigenvalue weighted by molar-refractivity contribution is 5.76. The molecular weight excluding hydrogens is 352 g/mol. The van der Waals surface area contributed by atoms with Crippen molar-refractivity contribution in [2.75, 3.05) is 38.2 Å².